The maximum atomic E-state index is 6.24. The maximum Gasteiger partial charge on any atom is 0.191 e. The van der Waals surface area contributed by atoms with Crippen molar-refractivity contribution in [3.8, 4) is 0 Å². The monoisotopic (exact) mass is 347 g/mol. The van der Waals surface area contributed by atoms with Gasteiger partial charge in [0.25, 0.3) is 0 Å². The summed E-state index contributed by atoms with van der Waals surface area (Å²) in [6, 6.07) is 6.02. The predicted molar refractivity (Wildman–Crippen MR) is 96.4 cm³/mol. The first kappa shape index (κ1) is 16.6. The number of hydrogen-bond donors (Lipinski definition) is 2. The Morgan fingerprint density at radius 3 is 3.00 bits per heavy atom. The van der Waals surface area contributed by atoms with Crippen LogP contribution < -0.4 is 15.5 Å². The van der Waals surface area contributed by atoms with E-state index in [1.807, 2.05) is 29.9 Å². The second-order valence-electron chi connectivity index (χ2n) is 5.76. The molecule has 0 aromatic carbocycles. The third kappa shape index (κ3) is 3.79. The van der Waals surface area contributed by atoms with Crippen molar-refractivity contribution in [2.24, 2.45) is 12.0 Å². The van der Waals surface area contributed by atoms with Gasteiger partial charge in [-0.25, -0.2) is 4.98 Å². The lowest BCUT2D eigenvalue weighted by molar-refractivity contribution is 0.636. The third-order valence-electron chi connectivity index (χ3n) is 4.15. The van der Waals surface area contributed by atoms with Crippen LogP contribution in [-0.2, 0) is 13.6 Å². The van der Waals surface area contributed by atoms with Gasteiger partial charge in [0.15, 0.2) is 5.96 Å². The predicted octanol–water partition coefficient (Wildman–Crippen LogP) is 1.41. The van der Waals surface area contributed by atoms with Crippen molar-refractivity contribution < 1.29 is 0 Å². The van der Waals surface area contributed by atoms with Gasteiger partial charge >= 0.3 is 0 Å². The number of anilines is 1. The highest BCUT2D eigenvalue weighted by atomic mass is 35.5. The SMILES string of the molecule is CN=C(NCc1ccnn1C)NC1CCN(c2ncccc2Cl)C1. The summed E-state index contributed by atoms with van der Waals surface area (Å²) in [6.45, 7) is 2.45. The standard InChI is InChI=1S/C16H22ClN7/c1-18-16(20-10-13-5-8-21-23(13)2)22-12-6-9-24(11-12)15-14(17)4-3-7-19-15/h3-5,7-8,12H,6,9-11H2,1-2H3,(H2,18,20,22). The zero-order valence-corrected chi connectivity index (χ0v) is 14.7. The average Bonchev–Trinajstić information content (AvgIpc) is 3.21. The van der Waals surface area contributed by atoms with Gasteiger partial charge in [-0.1, -0.05) is 11.6 Å². The Hall–Kier alpha value is -2.28. The molecule has 1 atom stereocenters. The Morgan fingerprint density at radius 2 is 2.29 bits per heavy atom. The first-order valence-corrected chi connectivity index (χ1v) is 8.34. The lowest BCUT2D eigenvalue weighted by atomic mass is 10.3. The van der Waals surface area contributed by atoms with Crippen LogP contribution in [0, 0.1) is 0 Å². The number of nitrogens with zero attached hydrogens (tertiary/aromatic N) is 5. The number of nitrogens with one attached hydrogen (secondary N) is 2. The van der Waals surface area contributed by atoms with E-state index in [2.05, 4.69) is 30.6 Å². The van der Waals surface area contributed by atoms with Crippen LogP contribution in [0.3, 0.4) is 0 Å². The van der Waals surface area contributed by atoms with Crippen LogP contribution >= 0.6 is 11.6 Å². The van der Waals surface area contributed by atoms with E-state index >= 15 is 0 Å². The Balaban J connectivity index is 1.54. The van der Waals surface area contributed by atoms with E-state index in [4.69, 9.17) is 11.6 Å². The quantitative estimate of drug-likeness (QED) is 0.646. The van der Waals surface area contributed by atoms with Crippen LogP contribution in [-0.4, -0.2) is 46.9 Å². The van der Waals surface area contributed by atoms with E-state index in [-0.39, 0.29) is 0 Å². The van der Waals surface area contributed by atoms with Gasteiger partial charge in [0.2, 0.25) is 0 Å². The second kappa shape index (κ2) is 7.53. The molecule has 0 aliphatic carbocycles. The topological polar surface area (TPSA) is 70.4 Å². The van der Waals surface area contributed by atoms with Crippen LogP contribution in [0.2, 0.25) is 5.02 Å². The van der Waals surface area contributed by atoms with E-state index in [1.54, 1.807) is 19.4 Å². The van der Waals surface area contributed by atoms with Crippen molar-refractivity contribution in [1.82, 2.24) is 25.4 Å². The number of hydrogen-bond acceptors (Lipinski definition) is 4. The summed E-state index contributed by atoms with van der Waals surface area (Å²) < 4.78 is 1.85. The molecular formula is C16H22ClN7. The second-order valence-corrected chi connectivity index (χ2v) is 6.16. The molecule has 2 aromatic rings. The largest absolute Gasteiger partial charge is 0.353 e. The van der Waals surface area contributed by atoms with Crippen molar-refractivity contribution in [1.29, 1.82) is 0 Å². The summed E-state index contributed by atoms with van der Waals surface area (Å²) in [5.41, 5.74) is 1.10. The number of halogens is 1. The van der Waals surface area contributed by atoms with Gasteiger partial charge in [0.1, 0.15) is 5.82 Å². The smallest absolute Gasteiger partial charge is 0.191 e. The number of guanidine groups is 1. The molecule has 2 N–H and O–H groups in total. The molecule has 3 rings (SSSR count). The summed E-state index contributed by atoms with van der Waals surface area (Å²) in [6.07, 6.45) is 4.58. The number of aryl methyl sites for hydroxylation is 1. The fraction of sp³-hybridized carbons (Fsp3) is 0.438. The molecule has 0 radical (unpaired) electrons. The number of pyridine rings is 1. The average molecular weight is 348 g/mol. The molecule has 1 unspecified atom stereocenters. The molecule has 1 aliphatic heterocycles. The summed E-state index contributed by atoms with van der Waals surface area (Å²) >= 11 is 6.24. The molecule has 0 saturated carbocycles. The molecular weight excluding hydrogens is 326 g/mol. The van der Waals surface area contributed by atoms with Crippen molar-refractivity contribution in [3.63, 3.8) is 0 Å². The highest BCUT2D eigenvalue weighted by molar-refractivity contribution is 6.32. The molecule has 0 spiro atoms. The van der Waals surface area contributed by atoms with Gasteiger partial charge in [-0.2, -0.15) is 5.10 Å². The van der Waals surface area contributed by atoms with Crippen LogP contribution in [0.5, 0.6) is 0 Å². The summed E-state index contributed by atoms with van der Waals surface area (Å²) in [5, 5.41) is 11.6. The van der Waals surface area contributed by atoms with E-state index in [1.165, 1.54) is 0 Å². The summed E-state index contributed by atoms with van der Waals surface area (Å²) in [4.78, 5) is 10.9. The van der Waals surface area contributed by atoms with Crippen molar-refractivity contribution in [3.05, 3.63) is 41.3 Å². The fourth-order valence-electron chi connectivity index (χ4n) is 2.82. The Bertz CT molecular complexity index is 712. The maximum absolute atomic E-state index is 6.24. The van der Waals surface area contributed by atoms with Gasteiger partial charge in [-0.05, 0) is 24.6 Å². The van der Waals surface area contributed by atoms with Gasteiger partial charge in [0.05, 0.1) is 17.3 Å². The minimum atomic E-state index is 0.306. The molecule has 0 bridgehead atoms. The lowest BCUT2D eigenvalue weighted by Crippen LogP contribution is -2.44. The molecule has 8 heteroatoms. The Morgan fingerprint density at radius 1 is 1.42 bits per heavy atom. The molecule has 2 aromatic heterocycles. The van der Waals surface area contributed by atoms with Crippen molar-refractivity contribution in [2.75, 3.05) is 25.0 Å². The van der Waals surface area contributed by atoms with Gasteiger partial charge < -0.3 is 15.5 Å². The van der Waals surface area contributed by atoms with E-state index < -0.39 is 0 Å². The van der Waals surface area contributed by atoms with Gasteiger partial charge in [-0.3, -0.25) is 9.67 Å². The molecule has 0 amide bonds. The fourth-order valence-corrected chi connectivity index (χ4v) is 3.06. The third-order valence-corrected chi connectivity index (χ3v) is 4.45. The van der Waals surface area contributed by atoms with Crippen LogP contribution in [0.4, 0.5) is 5.82 Å². The van der Waals surface area contributed by atoms with Crippen LogP contribution in [0.15, 0.2) is 35.6 Å². The minimum absolute atomic E-state index is 0.306. The zero-order chi connectivity index (χ0) is 16.9. The molecule has 1 saturated heterocycles. The molecule has 7 nitrogen and oxygen atoms in total. The van der Waals surface area contributed by atoms with E-state index in [9.17, 15) is 0 Å². The summed E-state index contributed by atoms with van der Waals surface area (Å²) in [7, 11) is 3.71. The number of rotatable bonds is 4. The highest BCUT2D eigenvalue weighted by Crippen LogP contribution is 2.25. The normalized spacial score (nSPS) is 18.0. The number of aliphatic imine (C=N–C) groups is 1. The van der Waals surface area contributed by atoms with Gasteiger partial charge in [-0.15, -0.1) is 0 Å². The zero-order valence-electron chi connectivity index (χ0n) is 13.9. The van der Waals surface area contributed by atoms with E-state index in [0.29, 0.717) is 17.6 Å². The highest BCUT2D eigenvalue weighted by Gasteiger charge is 2.25. The van der Waals surface area contributed by atoms with Crippen LogP contribution in [0.1, 0.15) is 12.1 Å². The van der Waals surface area contributed by atoms with E-state index in [0.717, 1.165) is 37.0 Å². The lowest BCUT2D eigenvalue weighted by Gasteiger charge is -2.20. The summed E-state index contributed by atoms with van der Waals surface area (Å²) in [5.74, 6) is 1.64. The molecule has 3 heterocycles. The van der Waals surface area contributed by atoms with Crippen LogP contribution in [0.25, 0.3) is 0 Å². The Labute approximate surface area is 146 Å². The molecule has 1 fully saturated rings. The van der Waals surface area contributed by atoms with Crippen molar-refractivity contribution >= 4 is 23.4 Å². The van der Waals surface area contributed by atoms with Gasteiger partial charge in [0, 0.05) is 45.6 Å². The molecule has 24 heavy (non-hydrogen) atoms. The minimum Gasteiger partial charge on any atom is -0.353 e. The Kier molecular flexibility index (Phi) is 5.20. The first-order chi connectivity index (χ1) is 11.7. The molecule has 1 aliphatic rings. The first-order valence-electron chi connectivity index (χ1n) is 7.97. The molecule has 128 valence electrons. The van der Waals surface area contributed by atoms with Crippen molar-refractivity contribution in [2.45, 2.75) is 19.0 Å². The number of aromatic nitrogens is 3.